The minimum absolute atomic E-state index is 0.0129. The number of carbonyl (C=O) groups is 3. The van der Waals surface area contributed by atoms with Crippen LogP contribution in [0.25, 0.3) is 0 Å². The Hall–Kier alpha value is -2.05. The molecule has 0 fully saturated rings. The average Bonchev–Trinajstić information content (AvgIpc) is 2.43. The van der Waals surface area contributed by atoms with Gasteiger partial charge in [-0.2, -0.15) is 0 Å². The first-order valence-electron chi connectivity index (χ1n) is 6.39. The zero-order valence-corrected chi connectivity index (χ0v) is 13.2. The number of hydrogen-bond donors (Lipinski definition) is 7. The van der Waals surface area contributed by atoms with Crippen molar-refractivity contribution in [2.24, 2.45) is 27.9 Å². The normalized spacial score (nSPS) is 12.3. The van der Waals surface area contributed by atoms with E-state index in [9.17, 15) is 14.4 Å². The van der Waals surface area contributed by atoms with Gasteiger partial charge < -0.3 is 38.3 Å². The Balaban J connectivity index is 0. The Morgan fingerprint density at radius 3 is 1.91 bits per heavy atom. The summed E-state index contributed by atoms with van der Waals surface area (Å²) in [5.41, 5.74) is 20.4. The highest BCUT2D eigenvalue weighted by atomic mass is 32.2. The summed E-state index contributed by atoms with van der Waals surface area (Å²) in [6, 6.07) is -1.79. The Labute approximate surface area is 137 Å². The van der Waals surface area contributed by atoms with Gasteiger partial charge in [0, 0.05) is 12.3 Å². The Bertz CT molecular complexity index is 416. The lowest BCUT2D eigenvalue weighted by atomic mass is 10.2. The summed E-state index contributed by atoms with van der Waals surface area (Å²) in [6.07, 6.45) is 0.956. The van der Waals surface area contributed by atoms with Crippen molar-refractivity contribution in [1.29, 1.82) is 0 Å². The molecule has 0 bridgehead atoms. The molecule has 2 atom stereocenters. The largest absolute Gasteiger partial charge is 0.481 e. The maximum Gasteiger partial charge on any atom is 0.321 e. The van der Waals surface area contributed by atoms with Gasteiger partial charge in [-0.05, 0) is 12.8 Å². The maximum atomic E-state index is 10.2. The van der Waals surface area contributed by atoms with E-state index in [0.29, 0.717) is 19.4 Å². The van der Waals surface area contributed by atoms with E-state index in [1.165, 1.54) is 0 Å². The van der Waals surface area contributed by atoms with Crippen molar-refractivity contribution in [3.8, 4) is 0 Å². The zero-order chi connectivity index (χ0) is 18.4. The summed E-state index contributed by atoms with van der Waals surface area (Å²) < 4.78 is 0. The molecule has 0 aliphatic heterocycles. The minimum atomic E-state index is -1.11. The first kappa shape index (κ1) is 23.2. The van der Waals surface area contributed by atoms with E-state index in [0.717, 1.165) is 11.8 Å². The summed E-state index contributed by atoms with van der Waals surface area (Å²) in [7, 11) is 0. The van der Waals surface area contributed by atoms with Crippen LogP contribution in [0.15, 0.2) is 4.99 Å². The van der Waals surface area contributed by atoms with Crippen LogP contribution in [0.1, 0.15) is 12.8 Å². The number of carboxylic acid groups (broad SMARTS) is 3. The summed E-state index contributed by atoms with van der Waals surface area (Å²) in [6.45, 7) is 0.420. The second-order valence-corrected chi connectivity index (χ2v) is 5.28. The standard InChI is InChI=1S/C6H14N4O2.C5H9NO4S/c7-4(5(11)12)2-1-3-10-6(8)9;6-3(5(9)10)1-11-2-4(7)8/h4H,1-3,7H2,(H,11,12)(H4,8,9,10);3H,1-2,6H2,(H,7,8)(H,9,10)/t;3-/m.0/s1. The minimum Gasteiger partial charge on any atom is -0.481 e. The van der Waals surface area contributed by atoms with Crippen molar-refractivity contribution in [2.75, 3.05) is 18.1 Å². The van der Waals surface area contributed by atoms with Crippen LogP contribution in [0.3, 0.4) is 0 Å². The van der Waals surface area contributed by atoms with Gasteiger partial charge in [-0.3, -0.25) is 19.4 Å². The number of nitrogens with two attached hydrogens (primary N) is 4. The molecule has 11 N–H and O–H groups in total. The van der Waals surface area contributed by atoms with Gasteiger partial charge in [-0.25, -0.2) is 0 Å². The van der Waals surface area contributed by atoms with Crippen molar-refractivity contribution >= 4 is 35.6 Å². The summed E-state index contributed by atoms with van der Waals surface area (Å²) in [5.74, 6) is -3.04. The summed E-state index contributed by atoms with van der Waals surface area (Å²) in [4.78, 5) is 33.9. The van der Waals surface area contributed by atoms with Crippen molar-refractivity contribution in [3.63, 3.8) is 0 Å². The van der Waals surface area contributed by atoms with Gasteiger partial charge in [-0.1, -0.05) is 0 Å². The van der Waals surface area contributed by atoms with E-state index in [2.05, 4.69) is 4.99 Å². The van der Waals surface area contributed by atoms with Crippen molar-refractivity contribution < 1.29 is 29.7 Å². The van der Waals surface area contributed by atoms with E-state index < -0.39 is 30.0 Å². The third kappa shape index (κ3) is 17.9. The molecule has 23 heavy (non-hydrogen) atoms. The topological polar surface area (TPSA) is 228 Å². The second-order valence-electron chi connectivity index (χ2n) is 4.25. The van der Waals surface area contributed by atoms with E-state index in [-0.39, 0.29) is 17.5 Å². The van der Waals surface area contributed by atoms with Gasteiger partial charge in [-0.15, -0.1) is 11.8 Å². The van der Waals surface area contributed by atoms with E-state index in [1.807, 2.05) is 0 Å². The molecule has 0 aromatic heterocycles. The molecule has 0 rings (SSSR count). The number of thioether (sulfide) groups is 1. The molecule has 0 heterocycles. The van der Waals surface area contributed by atoms with Crippen molar-refractivity contribution in [3.05, 3.63) is 0 Å². The highest BCUT2D eigenvalue weighted by Gasteiger charge is 2.11. The molecular formula is C11H23N5O6S. The van der Waals surface area contributed by atoms with Gasteiger partial charge >= 0.3 is 17.9 Å². The van der Waals surface area contributed by atoms with Crippen LogP contribution in [0.5, 0.6) is 0 Å². The Morgan fingerprint density at radius 2 is 1.52 bits per heavy atom. The van der Waals surface area contributed by atoms with Crippen molar-refractivity contribution in [2.45, 2.75) is 24.9 Å². The van der Waals surface area contributed by atoms with Crippen LogP contribution >= 0.6 is 11.8 Å². The monoisotopic (exact) mass is 353 g/mol. The predicted octanol–water partition coefficient (Wildman–Crippen LogP) is -2.33. The number of rotatable bonds is 10. The van der Waals surface area contributed by atoms with E-state index >= 15 is 0 Å². The van der Waals surface area contributed by atoms with Gasteiger partial charge in [0.05, 0.1) is 5.75 Å². The number of guanidine groups is 1. The predicted molar refractivity (Wildman–Crippen MR) is 86.1 cm³/mol. The zero-order valence-electron chi connectivity index (χ0n) is 12.4. The third-order valence-corrected chi connectivity index (χ3v) is 3.17. The van der Waals surface area contributed by atoms with E-state index in [1.54, 1.807) is 0 Å². The fraction of sp³-hybridized carbons (Fsp3) is 0.636. The fourth-order valence-electron chi connectivity index (χ4n) is 0.987. The molecule has 0 aliphatic rings. The molecule has 0 aromatic carbocycles. The van der Waals surface area contributed by atoms with Crippen LogP contribution in [0.4, 0.5) is 0 Å². The number of aliphatic carboxylic acids is 3. The van der Waals surface area contributed by atoms with Crippen LogP contribution < -0.4 is 22.9 Å². The maximum absolute atomic E-state index is 10.2. The molecule has 134 valence electrons. The van der Waals surface area contributed by atoms with Crippen LogP contribution in [-0.2, 0) is 14.4 Å². The molecule has 0 saturated heterocycles. The smallest absolute Gasteiger partial charge is 0.321 e. The van der Waals surface area contributed by atoms with Gasteiger partial charge in [0.25, 0.3) is 0 Å². The molecule has 0 saturated carbocycles. The quantitative estimate of drug-likeness (QED) is 0.125. The molecule has 12 heteroatoms. The Morgan fingerprint density at radius 1 is 1.00 bits per heavy atom. The first-order valence-corrected chi connectivity index (χ1v) is 7.55. The number of nitrogens with zero attached hydrogens (tertiary/aromatic N) is 1. The van der Waals surface area contributed by atoms with Crippen LogP contribution in [0.2, 0.25) is 0 Å². The molecule has 0 aromatic rings. The van der Waals surface area contributed by atoms with Gasteiger partial charge in [0.15, 0.2) is 5.96 Å². The van der Waals surface area contributed by atoms with Crippen molar-refractivity contribution in [1.82, 2.24) is 0 Å². The molecule has 1 unspecified atom stereocenters. The third-order valence-electron chi connectivity index (χ3n) is 2.12. The summed E-state index contributed by atoms with van der Waals surface area (Å²) in [5, 5.41) is 24.8. The van der Waals surface area contributed by atoms with E-state index in [4.69, 9.17) is 38.3 Å². The number of hydrogen-bond acceptors (Lipinski definition) is 7. The fourth-order valence-corrected chi connectivity index (χ4v) is 1.68. The first-order chi connectivity index (χ1) is 10.6. The lowest BCUT2D eigenvalue weighted by molar-refractivity contribution is -0.139. The van der Waals surface area contributed by atoms with Gasteiger partial charge in [0.1, 0.15) is 12.1 Å². The van der Waals surface area contributed by atoms with Crippen LogP contribution in [0, 0.1) is 0 Å². The molecule has 0 aliphatic carbocycles. The lowest BCUT2D eigenvalue weighted by Crippen LogP contribution is -2.32. The van der Waals surface area contributed by atoms with Gasteiger partial charge in [0.2, 0.25) is 0 Å². The molecule has 0 spiro atoms. The number of aliphatic imine (C=N–C) groups is 1. The average molecular weight is 353 g/mol. The highest BCUT2D eigenvalue weighted by molar-refractivity contribution is 8.00. The summed E-state index contributed by atoms with van der Waals surface area (Å²) >= 11 is 0.992. The molecule has 0 radical (unpaired) electrons. The molecular weight excluding hydrogens is 330 g/mol. The highest BCUT2D eigenvalue weighted by Crippen LogP contribution is 2.00. The molecule has 11 nitrogen and oxygen atoms in total. The SMILES string of the molecule is NC(N)=NCCCC(N)C(=O)O.N[C@@H](CSCC(=O)O)C(=O)O. The number of carboxylic acids is 3. The molecule has 0 amide bonds. The Kier molecular flexibility index (Phi) is 13.7. The lowest BCUT2D eigenvalue weighted by Gasteiger charge is -2.03. The second kappa shape index (κ2) is 13.6. The van der Waals surface area contributed by atoms with Crippen LogP contribution in [-0.4, -0.2) is 69.3 Å².